The Morgan fingerprint density at radius 1 is 1.21 bits per heavy atom. The van der Waals surface area contributed by atoms with E-state index >= 15 is 0 Å². The van der Waals surface area contributed by atoms with Crippen molar-refractivity contribution in [2.24, 2.45) is 0 Å². The van der Waals surface area contributed by atoms with E-state index in [1.54, 1.807) is 17.3 Å². The first-order chi connectivity index (χ1) is 13.6. The van der Waals surface area contributed by atoms with Crippen LogP contribution in [0.1, 0.15) is 44.4 Å². The van der Waals surface area contributed by atoms with Crippen molar-refractivity contribution in [1.29, 1.82) is 0 Å². The fourth-order valence-corrected chi connectivity index (χ4v) is 4.40. The molecule has 148 valence electrons. The number of nitrogens with zero attached hydrogens (tertiary/aromatic N) is 5. The molecular weight excluding hydrogens is 358 g/mol. The van der Waals surface area contributed by atoms with E-state index in [9.17, 15) is 9.59 Å². The van der Waals surface area contributed by atoms with Crippen LogP contribution in [0.25, 0.3) is 11.4 Å². The van der Waals surface area contributed by atoms with Crippen LogP contribution < -0.4 is 0 Å². The van der Waals surface area contributed by atoms with E-state index in [2.05, 4.69) is 15.1 Å². The summed E-state index contributed by atoms with van der Waals surface area (Å²) in [5, 5.41) is 3.99. The number of amides is 2. The maximum Gasteiger partial charge on any atom is 0.248 e. The molecule has 2 aromatic rings. The number of aryl methyl sites for hydroxylation is 1. The molecule has 4 heterocycles. The fourth-order valence-electron chi connectivity index (χ4n) is 4.40. The van der Waals surface area contributed by atoms with Crippen molar-refractivity contribution in [3.63, 3.8) is 0 Å². The number of carbonyl (C=O) groups excluding carboxylic acids is 2. The van der Waals surface area contributed by atoms with Gasteiger partial charge < -0.3 is 14.3 Å². The molecule has 0 aromatic carbocycles. The van der Waals surface area contributed by atoms with Gasteiger partial charge in [0, 0.05) is 50.9 Å². The Morgan fingerprint density at radius 2 is 1.96 bits per heavy atom. The second-order valence-corrected chi connectivity index (χ2v) is 7.61. The Bertz CT molecular complexity index is 853. The van der Waals surface area contributed by atoms with E-state index in [1.165, 1.54) is 0 Å². The number of pyridine rings is 1. The molecule has 2 aromatic heterocycles. The molecule has 0 aliphatic carbocycles. The van der Waals surface area contributed by atoms with E-state index < -0.39 is 5.54 Å². The lowest BCUT2D eigenvalue weighted by molar-refractivity contribution is -0.154. The van der Waals surface area contributed by atoms with E-state index in [0.717, 1.165) is 37.8 Å². The van der Waals surface area contributed by atoms with Crippen LogP contribution in [0.15, 0.2) is 29.0 Å². The van der Waals surface area contributed by atoms with Crippen LogP contribution in [-0.4, -0.2) is 62.4 Å². The van der Waals surface area contributed by atoms with E-state index in [-0.39, 0.29) is 11.8 Å². The van der Waals surface area contributed by atoms with Gasteiger partial charge in [-0.05, 0) is 44.2 Å². The van der Waals surface area contributed by atoms with Gasteiger partial charge in [0.05, 0.1) is 0 Å². The fraction of sp³-hybridized carbons (Fsp3) is 0.550. The molecule has 4 rings (SSSR count). The van der Waals surface area contributed by atoms with E-state index in [1.807, 2.05) is 24.1 Å². The third-order valence-corrected chi connectivity index (χ3v) is 5.81. The van der Waals surface area contributed by atoms with Gasteiger partial charge in [-0.3, -0.25) is 14.6 Å². The zero-order valence-electron chi connectivity index (χ0n) is 16.1. The molecule has 28 heavy (non-hydrogen) atoms. The van der Waals surface area contributed by atoms with Crippen molar-refractivity contribution >= 4 is 11.8 Å². The normalized spacial score (nSPS) is 22.2. The predicted octanol–water partition coefficient (Wildman–Crippen LogP) is 2.07. The van der Waals surface area contributed by atoms with Gasteiger partial charge >= 0.3 is 0 Å². The van der Waals surface area contributed by atoms with Gasteiger partial charge in [-0.2, -0.15) is 4.98 Å². The van der Waals surface area contributed by atoms with E-state index in [0.29, 0.717) is 37.5 Å². The number of aromatic nitrogens is 3. The number of hydrogen-bond donors (Lipinski definition) is 0. The minimum Gasteiger partial charge on any atom is -0.344 e. The molecular formula is C20H25N5O3. The Morgan fingerprint density at radius 3 is 2.75 bits per heavy atom. The van der Waals surface area contributed by atoms with Gasteiger partial charge in [0.15, 0.2) is 0 Å². The maximum absolute atomic E-state index is 12.9. The molecule has 8 nitrogen and oxygen atoms in total. The number of carbonyl (C=O) groups is 2. The number of piperidine rings is 1. The zero-order chi connectivity index (χ0) is 19.6. The molecule has 8 heteroatoms. The molecule has 1 atom stereocenters. The molecule has 2 aliphatic rings. The van der Waals surface area contributed by atoms with Gasteiger partial charge in [0.1, 0.15) is 5.54 Å². The first kappa shape index (κ1) is 18.6. The van der Waals surface area contributed by atoms with Crippen LogP contribution >= 0.6 is 0 Å². The summed E-state index contributed by atoms with van der Waals surface area (Å²) in [7, 11) is 1.83. The lowest BCUT2D eigenvalue weighted by Crippen LogP contribution is -2.60. The van der Waals surface area contributed by atoms with Gasteiger partial charge in [-0.15, -0.1) is 0 Å². The van der Waals surface area contributed by atoms with Crippen LogP contribution in [-0.2, 0) is 16.0 Å². The minimum atomic E-state index is -0.608. The lowest BCUT2D eigenvalue weighted by atomic mass is 9.85. The SMILES string of the molecule is CN1CCCC2(CCCN2C(=O)CCCc2nc(-c3ccncc3)no2)C1=O. The van der Waals surface area contributed by atoms with Crippen LogP contribution in [0, 0.1) is 0 Å². The average Bonchev–Trinajstić information content (AvgIpc) is 3.35. The summed E-state index contributed by atoms with van der Waals surface area (Å²) in [6, 6.07) is 3.65. The number of likely N-dealkylation sites (N-methyl/N-ethyl adjacent to an activating group) is 1. The highest BCUT2D eigenvalue weighted by Crippen LogP contribution is 2.38. The summed E-state index contributed by atoms with van der Waals surface area (Å²) >= 11 is 0. The minimum absolute atomic E-state index is 0.0509. The molecule has 0 bridgehead atoms. The van der Waals surface area contributed by atoms with Crippen LogP contribution in [0.3, 0.4) is 0 Å². The molecule has 1 unspecified atom stereocenters. The maximum atomic E-state index is 12.9. The van der Waals surface area contributed by atoms with Gasteiger partial charge in [-0.1, -0.05) is 5.16 Å². The zero-order valence-corrected chi connectivity index (χ0v) is 16.1. The third-order valence-electron chi connectivity index (χ3n) is 5.81. The largest absolute Gasteiger partial charge is 0.344 e. The summed E-state index contributed by atoms with van der Waals surface area (Å²) in [6.45, 7) is 1.45. The van der Waals surface area contributed by atoms with Gasteiger partial charge in [-0.25, -0.2) is 0 Å². The van der Waals surface area contributed by atoms with Crippen molar-refractivity contribution in [3.05, 3.63) is 30.4 Å². The Hall–Kier alpha value is -2.77. The molecule has 2 saturated heterocycles. The summed E-state index contributed by atoms with van der Waals surface area (Å²) in [6.07, 6.45) is 8.30. The molecule has 1 spiro atoms. The molecule has 0 radical (unpaired) electrons. The van der Waals surface area contributed by atoms with Crippen LogP contribution in [0.4, 0.5) is 0 Å². The van der Waals surface area contributed by atoms with E-state index in [4.69, 9.17) is 4.52 Å². The summed E-state index contributed by atoms with van der Waals surface area (Å²) in [4.78, 5) is 37.6. The average molecular weight is 383 g/mol. The molecule has 2 fully saturated rings. The number of likely N-dealkylation sites (tertiary alicyclic amines) is 2. The molecule has 0 N–H and O–H groups in total. The molecule has 2 aliphatic heterocycles. The quantitative estimate of drug-likeness (QED) is 0.785. The smallest absolute Gasteiger partial charge is 0.248 e. The van der Waals surface area contributed by atoms with Crippen LogP contribution in [0.5, 0.6) is 0 Å². The second-order valence-electron chi connectivity index (χ2n) is 7.61. The summed E-state index contributed by atoms with van der Waals surface area (Å²) in [5.74, 6) is 1.20. The first-order valence-corrected chi connectivity index (χ1v) is 9.89. The van der Waals surface area contributed by atoms with Crippen molar-refractivity contribution in [2.75, 3.05) is 20.1 Å². The summed E-state index contributed by atoms with van der Waals surface area (Å²) in [5.41, 5.74) is 0.239. The molecule has 0 saturated carbocycles. The highest BCUT2D eigenvalue weighted by molar-refractivity contribution is 5.92. The van der Waals surface area contributed by atoms with Crippen molar-refractivity contribution in [3.8, 4) is 11.4 Å². The standard InChI is InChI=1S/C20H25N5O3/c1-24-13-3-9-20(19(24)27)10-4-14-25(20)17(26)6-2-5-16-22-18(23-28-16)15-7-11-21-12-8-15/h7-8,11-12H,2-6,9-10,13-14H2,1H3. The molecule has 2 amide bonds. The highest BCUT2D eigenvalue weighted by Gasteiger charge is 2.51. The van der Waals surface area contributed by atoms with Crippen LogP contribution in [0.2, 0.25) is 0 Å². The first-order valence-electron chi connectivity index (χ1n) is 9.89. The Kier molecular flexibility index (Phi) is 5.11. The van der Waals surface area contributed by atoms with Gasteiger partial charge in [0.25, 0.3) is 0 Å². The number of hydrogen-bond acceptors (Lipinski definition) is 6. The van der Waals surface area contributed by atoms with Crippen molar-refractivity contribution in [2.45, 2.75) is 50.5 Å². The lowest BCUT2D eigenvalue weighted by Gasteiger charge is -2.43. The monoisotopic (exact) mass is 383 g/mol. The Labute approximate surface area is 163 Å². The Balaban J connectivity index is 1.35. The summed E-state index contributed by atoms with van der Waals surface area (Å²) < 4.78 is 5.30. The predicted molar refractivity (Wildman–Crippen MR) is 101 cm³/mol. The second kappa shape index (κ2) is 7.69. The van der Waals surface area contributed by atoms with Gasteiger partial charge in [0.2, 0.25) is 23.5 Å². The van der Waals surface area contributed by atoms with Crippen molar-refractivity contribution < 1.29 is 14.1 Å². The topological polar surface area (TPSA) is 92.4 Å². The third kappa shape index (κ3) is 3.39. The highest BCUT2D eigenvalue weighted by atomic mass is 16.5. The number of rotatable bonds is 5. The van der Waals surface area contributed by atoms with Crippen molar-refractivity contribution in [1.82, 2.24) is 24.9 Å².